The van der Waals surface area contributed by atoms with Crippen molar-refractivity contribution >= 4 is 11.9 Å². The van der Waals surface area contributed by atoms with Crippen LogP contribution >= 0.6 is 0 Å². The van der Waals surface area contributed by atoms with Crippen LogP contribution in [0, 0.1) is 0 Å². The van der Waals surface area contributed by atoms with Crippen molar-refractivity contribution in [1.82, 2.24) is 0 Å². The summed E-state index contributed by atoms with van der Waals surface area (Å²) in [6.07, 6.45) is -0.0733. The fourth-order valence-electron chi connectivity index (χ4n) is 0.779. The van der Waals surface area contributed by atoms with E-state index in [2.05, 4.69) is 22.6 Å². The van der Waals surface area contributed by atoms with Crippen LogP contribution < -0.4 is 0 Å². The van der Waals surface area contributed by atoms with Crippen LogP contribution in [0.5, 0.6) is 0 Å². The number of aliphatic hydroxyl groups excluding tert-OH is 2. The zero-order chi connectivity index (χ0) is 13.3. The van der Waals surface area contributed by atoms with Crippen LogP contribution in [0.4, 0.5) is 0 Å². The Morgan fingerprint density at radius 2 is 2.00 bits per heavy atom. The van der Waals surface area contributed by atoms with Gasteiger partial charge in [-0.2, -0.15) is 0 Å². The highest BCUT2D eigenvalue weighted by Gasteiger charge is 2.19. The Balaban J connectivity index is 3.98. The van der Waals surface area contributed by atoms with Gasteiger partial charge in [0, 0.05) is 19.1 Å². The maximum atomic E-state index is 11.2. The first-order valence-corrected chi connectivity index (χ1v) is 4.97. The number of hydrogen-bond acceptors (Lipinski definition) is 6. The molecule has 0 amide bonds. The molecular formula is C11H16O6. The molecule has 0 aliphatic rings. The topological polar surface area (TPSA) is 93.1 Å². The van der Waals surface area contributed by atoms with Crippen molar-refractivity contribution in [2.75, 3.05) is 19.8 Å². The van der Waals surface area contributed by atoms with Crippen LogP contribution in [0.1, 0.15) is 6.42 Å². The Morgan fingerprint density at radius 1 is 1.35 bits per heavy atom. The maximum Gasteiger partial charge on any atom is 0.336 e. The molecule has 0 aromatic heterocycles. The maximum absolute atomic E-state index is 11.2. The van der Waals surface area contributed by atoms with Gasteiger partial charge in [0.1, 0.15) is 12.7 Å². The van der Waals surface area contributed by atoms with Gasteiger partial charge >= 0.3 is 11.9 Å². The molecule has 0 aliphatic carbocycles. The summed E-state index contributed by atoms with van der Waals surface area (Å²) in [5.41, 5.74) is -0.209. The van der Waals surface area contributed by atoms with Gasteiger partial charge in [-0.25, -0.2) is 9.59 Å². The van der Waals surface area contributed by atoms with Crippen LogP contribution in [0.15, 0.2) is 24.8 Å². The Hall–Kier alpha value is -1.66. The van der Waals surface area contributed by atoms with E-state index in [1.54, 1.807) is 0 Å². The SMILES string of the molecule is C=CC(=O)OCC(O)C(=C)C(=O)OCCCO. The molecule has 6 nitrogen and oxygen atoms in total. The van der Waals surface area contributed by atoms with E-state index in [4.69, 9.17) is 5.11 Å². The fourth-order valence-corrected chi connectivity index (χ4v) is 0.779. The van der Waals surface area contributed by atoms with E-state index >= 15 is 0 Å². The average Bonchev–Trinajstić information content (AvgIpc) is 2.34. The Kier molecular flexibility index (Phi) is 7.66. The molecule has 0 aliphatic heterocycles. The molecule has 1 atom stereocenters. The number of hydrogen-bond donors (Lipinski definition) is 2. The molecule has 0 radical (unpaired) electrons. The van der Waals surface area contributed by atoms with Crippen molar-refractivity contribution in [3.8, 4) is 0 Å². The van der Waals surface area contributed by atoms with Crippen LogP contribution in [0.3, 0.4) is 0 Å². The highest BCUT2D eigenvalue weighted by atomic mass is 16.5. The first-order valence-electron chi connectivity index (χ1n) is 4.97. The number of carbonyl (C=O) groups excluding carboxylic acids is 2. The molecule has 0 bridgehead atoms. The third kappa shape index (κ3) is 6.49. The number of aliphatic hydroxyl groups is 2. The highest BCUT2D eigenvalue weighted by molar-refractivity contribution is 5.89. The molecule has 0 fully saturated rings. The van der Waals surface area contributed by atoms with Gasteiger partial charge < -0.3 is 19.7 Å². The monoisotopic (exact) mass is 244 g/mol. The minimum absolute atomic E-state index is 0.0352. The second-order valence-corrected chi connectivity index (χ2v) is 3.09. The van der Waals surface area contributed by atoms with E-state index in [0.717, 1.165) is 6.08 Å². The van der Waals surface area contributed by atoms with E-state index in [1.807, 2.05) is 0 Å². The van der Waals surface area contributed by atoms with Crippen LogP contribution in [0.25, 0.3) is 0 Å². The Morgan fingerprint density at radius 3 is 2.53 bits per heavy atom. The number of rotatable bonds is 8. The smallest absolute Gasteiger partial charge is 0.336 e. The zero-order valence-electron chi connectivity index (χ0n) is 9.42. The summed E-state index contributed by atoms with van der Waals surface area (Å²) in [6, 6.07) is 0. The average molecular weight is 244 g/mol. The van der Waals surface area contributed by atoms with Crippen molar-refractivity contribution in [3.05, 3.63) is 24.8 Å². The summed E-state index contributed by atoms with van der Waals surface area (Å²) in [6.45, 7) is 6.05. The molecule has 96 valence electrons. The van der Waals surface area contributed by atoms with Crippen molar-refractivity contribution in [3.63, 3.8) is 0 Å². The molecule has 17 heavy (non-hydrogen) atoms. The number of ether oxygens (including phenoxy) is 2. The lowest BCUT2D eigenvalue weighted by Crippen LogP contribution is -2.25. The van der Waals surface area contributed by atoms with E-state index in [0.29, 0.717) is 6.42 Å². The normalized spacial score (nSPS) is 11.4. The molecule has 0 saturated carbocycles. The number of carbonyl (C=O) groups is 2. The third-order valence-electron chi connectivity index (χ3n) is 1.75. The zero-order valence-corrected chi connectivity index (χ0v) is 9.42. The summed E-state index contributed by atoms with van der Waals surface area (Å²) in [5.74, 6) is -1.49. The second kappa shape index (κ2) is 8.49. The van der Waals surface area contributed by atoms with E-state index in [9.17, 15) is 14.7 Å². The highest BCUT2D eigenvalue weighted by Crippen LogP contribution is 2.04. The Labute approximate surface area is 99.1 Å². The second-order valence-electron chi connectivity index (χ2n) is 3.09. The fraction of sp³-hybridized carbons (Fsp3) is 0.455. The molecule has 0 aromatic rings. The predicted octanol–water partition coefficient (Wildman–Crippen LogP) is -0.442. The minimum Gasteiger partial charge on any atom is -0.462 e. The summed E-state index contributed by atoms with van der Waals surface area (Å²) in [5, 5.41) is 17.9. The van der Waals surface area contributed by atoms with Gasteiger partial charge in [-0.05, 0) is 0 Å². The molecule has 0 saturated heterocycles. The van der Waals surface area contributed by atoms with E-state index in [1.165, 1.54) is 0 Å². The van der Waals surface area contributed by atoms with Gasteiger partial charge in [-0.3, -0.25) is 0 Å². The van der Waals surface area contributed by atoms with Crippen LogP contribution in [-0.4, -0.2) is 48.1 Å². The summed E-state index contributed by atoms with van der Waals surface area (Å²) in [7, 11) is 0. The van der Waals surface area contributed by atoms with Crippen molar-refractivity contribution in [2.24, 2.45) is 0 Å². The van der Waals surface area contributed by atoms with E-state index < -0.39 is 24.6 Å². The van der Waals surface area contributed by atoms with Gasteiger partial charge in [0.05, 0.1) is 12.2 Å². The van der Waals surface area contributed by atoms with Gasteiger partial charge in [0.2, 0.25) is 0 Å². The van der Waals surface area contributed by atoms with E-state index in [-0.39, 0.29) is 18.8 Å². The van der Waals surface area contributed by atoms with Crippen molar-refractivity contribution < 1.29 is 29.3 Å². The van der Waals surface area contributed by atoms with Crippen molar-refractivity contribution in [1.29, 1.82) is 0 Å². The molecular weight excluding hydrogens is 228 g/mol. The Bertz CT molecular complexity index is 296. The first-order chi connectivity index (χ1) is 8.02. The largest absolute Gasteiger partial charge is 0.462 e. The van der Waals surface area contributed by atoms with Gasteiger partial charge in [0.25, 0.3) is 0 Å². The van der Waals surface area contributed by atoms with Gasteiger partial charge in [-0.1, -0.05) is 13.2 Å². The molecule has 1 unspecified atom stereocenters. The predicted molar refractivity (Wildman–Crippen MR) is 59.0 cm³/mol. The third-order valence-corrected chi connectivity index (χ3v) is 1.75. The van der Waals surface area contributed by atoms with Crippen LogP contribution in [0.2, 0.25) is 0 Å². The quantitative estimate of drug-likeness (QED) is 0.341. The standard InChI is InChI=1S/C11H16O6/c1-3-10(14)17-7-9(13)8(2)11(15)16-6-4-5-12/h3,9,12-13H,1-2,4-7H2. The van der Waals surface area contributed by atoms with Crippen molar-refractivity contribution in [2.45, 2.75) is 12.5 Å². The minimum atomic E-state index is -1.32. The lowest BCUT2D eigenvalue weighted by atomic mass is 10.2. The molecule has 0 spiro atoms. The number of esters is 2. The lowest BCUT2D eigenvalue weighted by molar-refractivity contribution is -0.144. The molecule has 0 rings (SSSR count). The van der Waals surface area contributed by atoms with Gasteiger partial charge in [-0.15, -0.1) is 0 Å². The molecule has 0 aromatic carbocycles. The molecule has 0 heterocycles. The lowest BCUT2D eigenvalue weighted by Gasteiger charge is -2.12. The first kappa shape index (κ1) is 15.3. The summed E-state index contributed by atoms with van der Waals surface area (Å²) >= 11 is 0. The van der Waals surface area contributed by atoms with Crippen LogP contribution in [-0.2, 0) is 19.1 Å². The summed E-state index contributed by atoms with van der Waals surface area (Å²) < 4.78 is 9.21. The van der Waals surface area contributed by atoms with Gasteiger partial charge in [0.15, 0.2) is 0 Å². The molecule has 2 N–H and O–H groups in total. The molecule has 6 heteroatoms. The summed E-state index contributed by atoms with van der Waals surface area (Å²) in [4.78, 5) is 21.9.